The highest BCUT2D eigenvalue weighted by Gasteiger charge is 2.18. The van der Waals surface area contributed by atoms with E-state index in [9.17, 15) is 0 Å². The maximum Gasteiger partial charge on any atom is 0.249 e. The molecule has 0 spiro atoms. The SMILES string of the molecule is CCCNC(CC)c1nnc(-c2ccc(C)nc2C)o1. The molecule has 0 radical (unpaired) electrons. The van der Waals surface area contributed by atoms with Crippen LogP contribution in [0.5, 0.6) is 0 Å². The molecule has 1 N–H and O–H groups in total. The molecule has 0 bridgehead atoms. The minimum Gasteiger partial charge on any atom is -0.419 e. The quantitative estimate of drug-likeness (QED) is 0.876. The fraction of sp³-hybridized carbons (Fsp3) is 0.533. The molecule has 0 fully saturated rings. The molecular formula is C15H22N4O. The third kappa shape index (κ3) is 3.22. The smallest absolute Gasteiger partial charge is 0.249 e. The van der Waals surface area contributed by atoms with Crippen molar-refractivity contribution in [1.82, 2.24) is 20.5 Å². The van der Waals surface area contributed by atoms with Gasteiger partial charge in [-0.25, -0.2) is 0 Å². The molecule has 0 aromatic carbocycles. The van der Waals surface area contributed by atoms with Crippen molar-refractivity contribution in [1.29, 1.82) is 0 Å². The third-order valence-electron chi connectivity index (χ3n) is 3.24. The minimum absolute atomic E-state index is 0.120. The van der Waals surface area contributed by atoms with Gasteiger partial charge >= 0.3 is 0 Å². The molecule has 0 aliphatic carbocycles. The predicted molar refractivity (Wildman–Crippen MR) is 78.3 cm³/mol. The third-order valence-corrected chi connectivity index (χ3v) is 3.24. The van der Waals surface area contributed by atoms with Crippen molar-refractivity contribution in [3.63, 3.8) is 0 Å². The van der Waals surface area contributed by atoms with Crippen LogP contribution in [0.1, 0.15) is 50.0 Å². The summed E-state index contributed by atoms with van der Waals surface area (Å²) in [6.07, 6.45) is 2.01. The molecule has 2 aromatic rings. The van der Waals surface area contributed by atoms with Gasteiger partial charge in [-0.1, -0.05) is 13.8 Å². The lowest BCUT2D eigenvalue weighted by Gasteiger charge is -2.11. The second-order valence-electron chi connectivity index (χ2n) is 4.95. The minimum atomic E-state index is 0.120. The Morgan fingerprint density at radius 3 is 2.65 bits per heavy atom. The van der Waals surface area contributed by atoms with Crippen molar-refractivity contribution in [2.24, 2.45) is 0 Å². The summed E-state index contributed by atoms with van der Waals surface area (Å²) in [6, 6.07) is 4.06. The normalized spacial score (nSPS) is 12.6. The van der Waals surface area contributed by atoms with E-state index in [0.29, 0.717) is 11.8 Å². The lowest BCUT2D eigenvalue weighted by molar-refractivity contribution is 0.396. The first kappa shape index (κ1) is 14.7. The van der Waals surface area contributed by atoms with Gasteiger partial charge in [-0.15, -0.1) is 10.2 Å². The van der Waals surface area contributed by atoms with E-state index < -0.39 is 0 Å². The number of hydrogen-bond acceptors (Lipinski definition) is 5. The van der Waals surface area contributed by atoms with Crippen molar-refractivity contribution < 1.29 is 4.42 Å². The average molecular weight is 274 g/mol. The number of hydrogen-bond donors (Lipinski definition) is 1. The summed E-state index contributed by atoms with van der Waals surface area (Å²) >= 11 is 0. The highest BCUT2D eigenvalue weighted by Crippen LogP contribution is 2.24. The molecule has 1 unspecified atom stereocenters. The van der Waals surface area contributed by atoms with Crippen LogP contribution in [0.25, 0.3) is 11.5 Å². The van der Waals surface area contributed by atoms with Crippen LogP contribution in [0.15, 0.2) is 16.5 Å². The Bertz CT molecular complexity index is 565. The van der Waals surface area contributed by atoms with E-state index in [4.69, 9.17) is 4.42 Å². The number of nitrogens with zero attached hydrogens (tertiary/aromatic N) is 3. The zero-order valence-corrected chi connectivity index (χ0v) is 12.6. The van der Waals surface area contributed by atoms with E-state index in [1.165, 1.54) is 0 Å². The Kier molecular flexibility index (Phi) is 4.84. The summed E-state index contributed by atoms with van der Waals surface area (Å²) in [6.45, 7) is 9.12. The number of pyridine rings is 1. The summed E-state index contributed by atoms with van der Waals surface area (Å²) in [5.74, 6) is 1.19. The zero-order chi connectivity index (χ0) is 14.5. The standard InChI is InChI=1S/C15H22N4O/c1-5-9-16-13(6-2)15-19-18-14(20-15)12-8-7-10(3)17-11(12)4/h7-8,13,16H,5-6,9H2,1-4H3. The van der Waals surface area contributed by atoms with E-state index in [1.807, 2.05) is 26.0 Å². The van der Waals surface area contributed by atoms with Gasteiger partial charge in [0.05, 0.1) is 17.3 Å². The predicted octanol–water partition coefficient (Wildman–Crippen LogP) is 3.20. The number of nitrogens with one attached hydrogen (secondary N) is 1. The average Bonchev–Trinajstić information content (AvgIpc) is 2.89. The zero-order valence-electron chi connectivity index (χ0n) is 12.6. The summed E-state index contributed by atoms with van der Waals surface area (Å²) in [5, 5.41) is 11.7. The van der Waals surface area contributed by atoms with Gasteiger partial charge in [0.15, 0.2) is 0 Å². The lowest BCUT2D eigenvalue weighted by atomic mass is 10.2. The monoisotopic (exact) mass is 274 g/mol. The molecule has 0 saturated heterocycles. The molecule has 0 aliphatic heterocycles. The molecule has 5 heteroatoms. The van der Waals surface area contributed by atoms with Crippen LogP contribution >= 0.6 is 0 Å². The molecule has 5 nitrogen and oxygen atoms in total. The Morgan fingerprint density at radius 2 is 2.00 bits per heavy atom. The van der Waals surface area contributed by atoms with Crippen molar-refractivity contribution in [2.75, 3.05) is 6.54 Å². The first-order valence-electron chi connectivity index (χ1n) is 7.17. The Balaban J connectivity index is 2.23. The van der Waals surface area contributed by atoms with Crippen LogP contribution in [0.3, 0.4) is 0 Å². The fourth-order valence-corrected chi connectivity index (χ4v) is 2.12. The van der Waals surface area contributed by atoms with Crippen molar-refractivity contribution in [3.05, 3.63) is 29.4 Å². The van der Waals surface area contributed by atoms with Crippen LogP contribution in [0, 0.1) is 13.8 Å². The van der Waals surface area contributed by atoms with Gasteiger partial charge in [0.2, 0.25) is 11.8 Å². The molecule has 20 heavy (non-hydrogen) atoms. The number of aromatic nitrogens is 3. The molecule has 0 aliphatic rings. The van der Waals surface area contributed by atoms with Gasteiger partial charge in [0.1, 0.15) is 0 Å². The molecule has 0 saturated carbocycles. The van der Waals surface area contributed by atoms with Crippen LogP contribution in [0.2, 0.25) is 0 Å². The Morgan fingerprint density at radius 1 is 1.20 bits per heavy atom. The maximum atomic E-state index is 5.82. The van der Waals surface area contributed by atoms with Crippen molar-refractivity contribution in [2.45, 2.75) is 46.6 Å². The summed E-state index contributed by atoms with van der Waals surface area (Å²) in [5.41, 5.74) is 2.80. The molecular weight excluding hydrogens is 252 g/mol. The topological polar surface area (TPSA) is 63.8 Å². The molecule has 2 rings (SSSR count). The number of aryl methyl sites for hydroxylation is 2. The summed E-state index contributed by atoms with van der Waals surface area (Å²) in [4.78, 5) is 4.43. The van der Waals surface area contributed by atoms with Gasteiger partial charge in [-0.3, -0.25) is 4.98 Å². The maximum absolute atomic E-state index is 5.82. The van der Waals surface area contributed by atoms with Gasteiger partial charge in [-0.2, -0.15) is 0 Å². The van der Waals surface area contributed by atoms with Gasteiger partial charge < -0.3 is 9.73 Å². The first-order chi connectivity index (χ1) is 9.65. The molecule has 1 atom stereocenters. The molecule has 2 heterocycles. The van der Waals surface area contributed by atoms with E-state index in [2.05, 4.69) is 34.3 Å². The van der Waals surface area contributed by atoms with Crippen LogP contribution in [-0.4, -0.2) is 21.7 Å². The molecule has 2 aromatic heterocycles. The van der Waals surface area contributed by atoms with E-state index in [0.717, 1.165) is 36.3 Å². The van der Waals surface area contributed by atoms with E-state index >= 15 is 0 Å². The molecule has 0 amide bonds. The van der Waals surface area contributed by atoms with Crippen LogP contribution in [0.4, 0.5) is 0 Å². The van der Waals surface area contributed by atoms with Gasteiger partial charge in [0.25, 0.3) is 0 Å². The fourth-order valence-electron chi connectivity index (χ4n) is 2.12. The second-order valence-corrected chi connectivity index (χ2v) is 4.95. The summed E-state index contributed by atoms with van der Waals surface area (Å²) in [7, 11) is 0. The van der Waals surface area contributed by atoms with Crippen LogP contribution < -0.4 is 5.32 Å². The second kappa shape index (κ2) is 6.61. The largest absolute Gasteiger partial charge is 0.419 e. The lowest BCUT2D eigenvalue weighted by Crippen LogP contribution is -2.21. The van der Waals surface area contributed by atoms with Crippen molar-refractivity contribution in [3.8, 4) is 11.5 Å². The van der Waals surface area contributed by atoms with E-state index in [-0.39, 0.29) is 6.04 Å². The van der Waals surface area contributed by atoms with Crippen molar-refractivity contribution >= 4 is 0 Å². The van der Waals surface area contributed by atoms with E-state index in [1.54, 1.807) is 0 Å². The molecule has 108 valence electrons. The highest BCUT2D eigenvalue weighted by molar-refractivity contribution is 5.55. The Labute approximate surface area is 119 Å². The number of rotatable bonds is 6. The first-order valence-corrected chi connectivity index (χ1v) is 7.17. The Hall–Kier alpha value is -1.75. The van der Waals surface area contributed by atoms with Gasteiger partial charge in [-0.05, 0) is 45.4 Å². The van der Waals surface area contributed by atoms with Gasteiger partial charge in [0, 0.05) is 5.69 Å². The highest BCUT2D eigenvalue weighted by atomic mass is 16.4. The van der Waals surface area contributed by atoms with Crippen LogP contribution in [-0.2, 0) is 0 Å². The summed E-state index contributed by atoms with van der Waals surface area (Å²) < 4.78 is 5.82.